The zero-order valence-electron chi connectivity index (χ0n) is 14.3. The van der Waals surface area contributed by atoms with Gasteiger partial charge in [0.25, 0.3) is 5.91 Å². The van der Waals surface area contributed by atoms with E-state index in [1.54, 1.807) is 18.5 Å². The molecule has 2 heterocycles. The van der Waals surface area contributed by atoms with Gasteiger partial charge in [0, 0.05) is 35.1 Å². The van der Waals surface area contributed by atoms with Gasteiger partial charge < -0.3 is 9.42 Å². The maximum Gasteiger partial charge on any atom is 0.276 e. The molecule has 2 aromatic heterocycles. The number of pyridine rings is 1. The van der Waals surface area contributed by atoms with Gasteiger partial charge in [0.2, 0.25) is 0 Å². The van der Waals surface area contributed by atoms with Crippen molar-refractivity contribution in [2.24, 2.45) is 0 Å². The molecule has 0 saturated heterocycles. The molecule has 1 atom stereocenters. The van der Waals surface area contributed by atoms with Gasteiger partial charge in [-0.25, -0.2) is 0 Å². The van der Waals surface area contributed by atoms with Crippen LogP contribution in [0.5, 0.6) is 0 Å². The van der Waals surface area contributed by atoms with Crippen LogP contribution < -0.4 is 0 Å². The summed E-state index contributed by atoms with van der Waals surface area (Å²) in [7, 11) is 0. The molecule has 0 spiro atoms. The van der Waals surface area contributed by atoms with Gasteiger partial charge in [-0.15, -0.1) is 0 Å². The Bertz CT molecular complexity index is 904. The number of carbonyl (C=O) groups is 1. The quantitative estimate of drug-likeness (QED) is 0.652. The van der Waals surface area contributed by atoms with E-state index in [0.29, 0.717) is 16.5 Å². The first-order valence-electron chi connectivity index (χ1n) is 8.59. The summed E-state index contributed by atoms with van der Waals surface area (Å²) in [6.45, 7) is 2.03. The first kappa shape index (κ1) is 16.8. The first-order chi connectivity index (χ1) is 12.6. The van der Waals surface area contributed by atoms with E-state index >= 15 is 0 Å². The molecule has 0 aliphatic heterocycles. The van der Waals surface area contributed by atoms with Crippen molar-refractivity contribution in [3.05, 3.63) is 71.1 Å². The summed E-state index contributed by atoms with van der Waals surface area (Å²) in [5.41, 5.74) is 2.16. The topological polar surface area (TPSA) is 59.2 Å². The van der Waals surface area contributed by atoms with E-state index in [2.05, 4.69) is 10.1 Å². The van der Waals surface area contributed by atoms with Crippen molar-refractivity contribution in [1.82, 2.24) is 15.0 Å². The zero-order valence-corrected chi connectivity index (χ0v) is 15.1. The monoisotopic (exact) mass is 367 g/mol. The molecular weight excluding hydrogens is 350 g/mol. The molecule has 0 radical (unpaired) electrons. The smallest absolute Gasteiger partial charge is 0.276 e. The minimum atomic E-state index is -0.117. The molecule has 6 heteroatoms. The fourth-order valence-corrected chi connectivity index (χ4v) is 3.19. The fraction of sp³-hybridized carbons (Fsp3) is 0.250. The molecule has 26 heavy (non-hydrogen) atoms. The SMILES string of the molecule is CC(c1ccc(Cl)cc1)N(C(=O)c1cc(-c2cccnc2)on1)C1CC1. The van der Waals surface area contributed by atoms with Gasteiger partial charge in [0.05, 0.1) is 6.04 Å². The van der Waals surface area contributed by atoms with E-state index in [1.807, 2.05) is 48.2 Å². The van der Waals surface area contributed by atoms with Gasteiger partial charge in [-0.3, -0.25) is 9.78 Å². The van der Waals surface area contributed by atoms with Crippen molar-refractivity contribution in [3.63, 3.8) is 0 Å². The van der Waals surface area contributed by atoms with Crippen LogP contribution in [0.1, 0.15) is 41.9 Å². The highest BCUT2D eigenvalue weighted by Gasteiger charge is 2.37. The van der Waals surface area contributed by atoms with Crippen LogP contribution in [0.15, 0.2) is 59.4 Å². The number of amides is 1. The van der Waals surface area contributed by atoms with Crippen molar-refractivity contribution in [3.8, 4) is 11.3 Å². The van der Waals surface area contributed by atoms with E-state index in [4.69, 9.17) is 16.1 Å². The Balaban J connectivity index is 1.60. The van der Waals surface area contributed by atoms with Crippen LogP contribution in [-0.4, -0.2) is 27.0 Å². The van der Waals surface area contributed by atoms with Gasteiger partial charge in [-0.2, -0.15) is 0 Å². The minimum absolute atomic E-state index is 0.0641. The average Bonchev–Trinajstić information content (AvgIpc) is 3.37. The molecule has 1 aliphatic rings. The lowest BCUT2D eigenvalue weighted by Gasteiger charge is -2.29. The van der Waals surface area contributed by atoms with Gasteiger partial charge in [-0.1, -0.05) is 28.9 Å². The molecule has 1 fully saturated rings. The Morgan fingerprint density at radius 2 is 2.04 bits per heavy atom. The third-order valence-electron chi connectivity index (χ3n) is 4.62. The normalized spacial score (nSPS) is 14.8. The third kappa shape index (κ3) is 3.35. The van der Waals surface area contributed by atoms with Crippen molar-refractivity contribution in [2.75, 3.05) is 0 Å². The van der Waals surface area contributed by atoms with Crippen molar-refractivity contribution in [2.45, 2.75) is 31.8 Å². The molecule has 4 rings (SSSR count). The molecule has 132 valence electrons. The molecule has 1 saturated carbocycles. The number of hydrogen-bond donors (Lipinski definition) is 0. The number of carbonyl (C=O) groups excluding carboxylic acids is 1. The number of hydrogen-bond acceptors (Lipinski definition) is 4. The van der Waals surface area contributed by atoms with Crippen LogP contribution in [0, 0.1) is 0 Å². The van der Waals surface area contributed by atoms with E-state index in [1.165, 1.54) is 0 Å². The Hall–Kier alpha value is -2.66. The molecule has 0 N–H and O–H groups in total. The van der Waals surface area contributed by atoms with Crippen molar-refractivity contribution < 1.29 is 9.32 Å². The second kappa shape index (κ2) is 6.92. The Morgan fingerprint density at radius 3 is 2.69 bits per heavy atom. The predicted octanol–water partition coefficient (Wildman–Crippen LogP) is 4.76. The lowest BCUT2D eigenvalue weighted by atomic mass is 10.1. The Labute approximate surface area is 156 Å². The van der Waals surface area contributed by atoms with Crippen LogP contribution in [0.4, 0.5) is 0 Å². The molecule has 1 aliphatic carbocycles. The van der Waals surface area contributed by atoms with Gasteiger partial charge in [0.15, 0.2) is 11.5 Å². The van der Waals surface area contributed by atoms with Crippen molar-refractivity contribution >= 4 is 17.5 Å². The molecule has 1 aromatic carbocycles. The fourth-order valence-electron chi connectivity index (χ4n) is 3.07. The Kier molecular flexibility index (Phi) is 4.47. The highest BCUT2D eigenvalue weighted by molar-refractivity contribution is 6.30. The molecule has 5 nitrogen and oxygen atoms in total. The second-order valence-corrected chi connectivity index (χ2v) is 6.93. The standard InChI is InChI=1S/C20H18ClN3O2/c1-13(14-4-6-16(21)7-5-14)24(17-8-9-17)20(25)18-11-19(26-23-18)15-3-2-10-22-12-15/h2-7,10-13,17H,8-9H2,1H3. The first-order valence-corrected chi connectivity index (χ1v) is 8.96. The molecule has 1 unspecified atom stereocenters. The minimum Gasteiger partial charge on any atom is -0.355 e. The highest BCUT2D eigenvalue weighted by atomic mass is 35.5. The number of halogens is 1. The lowest BCUT2D eigenvalue weighted by Crippen LogP contribution is -2.35. The van der Waals surface area contributed by atoms with E-state index in [0.717, 1.165) is 24.0 Å². The number of benzene rings is 1. The summed E-state index contributed by atoms with van der Waals surface area (Å²) in [5, 5.41) is 4.68. The van der Waals surface area contributed by atoms with E-state index < -0.39 is 0 Å². The maximum atomic E-state index is 13.1. The maximum absolute atomic E-state index is 13.1. The lowest BCUT2D eigenvalue weighted by molar-refractivity contribution is 0.0663. The number of nitrogens with zero attached hydrogens (tertiary/aromatic N) is 3. The average molecular weight is 368 g/mol. The largest absolute Gasteiger partial charge is 0.355 e. The van der Waals surface area contributed by atoms with Crippen LogP contribution >= 0.6 is 11.6 Å². The second-order valence-electron chi connectivity index (χ2n) is 6.49. The van der Waals surface area contributed by atoms with Crippen LogP contribution in [0.3, 0.4) is 0 Å². The van der Waals surface area contributed by atoms with E-state index in [9.17, 15) is 4.79 Å². The van der Waals surface area contributed by atoms with Crippen LogP contribution in [0.2, 0.25) is 5.02 Å². The van der Waals surface area contributed by atoms with Crippen LogP contribution in [-0.2, 0) is 0 Å². The van der Waals surface area contributed by atoms with Crippen LogP contribution in [0.25, 0.3) is 11.3 Å². The Morgan fingerprint density at radius 1 is 1.27 bits per heavy atom. The molecular formula is C20H18ClN3O2. The predicted molar refractivity (Wildman–Crippen MR) is 98.8 cm³/mol. The molecule has 0 bridgehead atoms. The molecule has 1 amide bonds. The summed E-state index contributed by atoms with van der Waals surface area (Å²) in [6.07, 6.45) is 5.40. The number of rotatable bonds is 5. The van der Waals surface area contributed by atoms with E-state index in [-0.39, 0.29) is 18.0 Å². The summed E-state index contributed by atoms with van der Waals surface area (Å²) in [6, 6.07) is 13.2. The third-order valence-corrected chi connectivity index (χ3v) is 4.87. The summed E-state index contributed by atoms with van der Waals surface area (Å²) < 4.78 is 5.37. The highest BCUT2D eigenvalue weighted by Crippen LogP contribution is 2.36. The van der Waals surface area contributed by atoms with Crippen molar-refractivity contribution in [1.29, 1.82) is 0 Å². The van der Waals surface area contributed by atoms with Gasteiger partial charge >= 0.3 is 0 Å². The van der Waals surface area contributed by atoms with Gasteiger partial charge in [-0.05, 0) is 49.6 Å². The zero-order chi connectivity index (χ0) is 18.1. The number of aromatic nitrogens is 2. The summed E-state index contributed by atoms with van der Waals surface area (Å²) in [5.74, 6) is 0.421. The van der Waals surface area contributed by atoms with Gasteiger partial charge in [0.1, 0.15) is 0 Å². The molecule has 3 aromatic rings. The summed E-state index contributed by atoms with van der Waals surface area (Å²) in [4.78, 5) is 19.1. The summed E-state index contributed by atoms with van der Waals surface area (Å²) >= 11 is 5.98.